The van der Waals surface area contributed by atoms with Crippen LogP contribution in [0.4, 0.5) is 4.39 Å². The van der Waals surface area contributed by atoms with Gasteiger partial charge in [0.1, 0.15) is 5.82 Å². The normalized spacial score (nSPS) is 22.0. The van der Waals surface area contributed by atoms with Gasteiger partial charge in [0.05, 0.1) is 4.90 Å². The third-order valence-corrected chi connectivity index (χ3v) is 6.44. The minimum absolute atomic E-state index is 0.0196. The van der Waals surface area contributed by atoms with Crippen molar-refractivity contribution in [1.82, 2.24) is 4.31 Å². The molecule has 0 unspecified atom stereocenters. The first-order chi connectivity index (χ1) is 11.4. The SMILES string of the molecule is NC[C@@H]1CN(S(=O)(=O)c2cc(F)cc(Cl)c2)C[C@H]1c1ccccc1. The van der Waals surface area contributed by atoms with Crippen molar-refractivity contribution in [3.63, 3.8) is 0 Å². The van der Waals surface area contributed by atoms with Crippen molar-refractivity contribution in [2.24, 2.45) is 11.7 Å². The summed E-state index contributed by atoms with van der Waals surface area (Å²) in [4.78, 5) is -0.128. The zero-order chi connectivity index (χ0) is 17.3. The number of nitrogens with two attached hydrogens (primary N) is 1. The second-order valence-corrected chi connectivity index (χ2v) is 8.31. The highest BCUT2D eigenvalue weighted by Gasteiger charge is 2.39. The van der Waals surface area contributed by atoms with E-state index in [0.29, 0.717) is 19.6 Å². The molecule has 1 saturated heterocycles. The van der Waals surface area contributed by atoms with Crippen molar-refractivity contribution < 1.29 is 12.8 Å². The highest BCUT2D eigenvalue weighted by Crippen LogP contribution is 2.35. The molecule has 4 nitrogen and oxygen atoms in total. The number of sulfonamides is 1. The van der Waals surface area contributed by atoms with Crippen LogP contribution in [0.5, 0.6) is 0 Å². The first kappa shape index (κ1) is 17.4. The summed E-state index contributed by atoms with van der Waals surface area (Å²) in [5, 5.41) is 0.0581. The Hall–Kier alpha value is -1.47. The standard InChI is InChI=1S/C17H18ClFN2O2S/c18-14-6-15(19)8-16(7-14)24(22,23)21-10-13(9-20)17(11-21)12-4-2-1-3-5-12/h1-8,13,17H,9-11,20H2/t13-,17+/m1/s1. The molecule has 0 aliphatic carbocycles. The molecule has 0 radical (unpaired) electrons. The third-order valence-electron chi connectivity index (χ3n) is 4.41. The molecule has 7 heteroatoms. The van der Waals surface area contributed by atoms with Gasteiger partial charge in [0, 0.05) is 24.0 Å². The maximum atomic E-state index is 13.5. The Morgan fingerprint density at radius 1 is 1.17 bits per heavy atom. The second kappa shape index (κ2) is 6.80. The van der Waals surface area contributed by atoms with Crippen LogP contribution in [-0.2, 0) is 10.0 Å². The molecule has 2 N–H and O–H groups in total. The molecule has 2 atom stereocenters. The van der Waals surface area contributed by atoms with Crippen LogP contribution >= 0.6 is 11.6 Å². The topological polar surface area (TPSA) is 63.4 Å². The Morgan fingerprint density at radius 3 is 2.50 bits per heavy atom. The highest BCUT2D eigenvalue weighted by atomic mass is 35.5. The average Bonchev–Trinajstić information content (AvgIpc) is 3.00. The predicted octanol–water partition coefficient (Wildman–Crippen LogP) is 2.84. The molecule has 128 valence electrons. The van der Waals surface area contributed by atoms with E-state index in [0.717, 1.165) is 17.7 Å². The summed E-state index contributed by atoms with van der Waals surface area (Å²) in [5.74, 6) is -0.628. The zero-order valence-corrected chi connectivity index (χ0v) is 14.5. The minimum Gasteiger partial charge on any atom is -0.330 e. The number of benzene rings is 2. The van der Waals surface area contributed by atoms with E-state index in [1.807, 2.05) is 30.3 Å². The molecule has 0 saturated carbocycles. The van der Waals surface area contributed by atoms with Crippen LogP contribution in [0, 0.1) is 11.7 Å². The molecule has 1 aliphatic rings. The monoisotopic (exact) mass is 368 g/mol. The average molecular weight is 369 g/mol. The molecule has 3 rings (SSSR count). The fourth-order valence-electron chi connectivity index (χ4n) is 3.17. The van der Waals surface area contributed by atoms with Gasteiger partial charge in [-0.1, -0.05) is 41.9 Å². The predicted molar refractivity (Wildman–Crippen MR) is 91.9 cm³/mol. The number of hydrogen-bond acceptors (Lipinski definition) is 3. The smallest absolute Gasteiger partial charge is 0.243 e. The first-order valence-electron chi connectivity index (χ1n) is 7.63. The molecule has 0 bridgehead atoms. The Morgan fingerprint density at radius 2 is 1.88 bits per heavy atom. The Labute approximate surface area is 146 Å². The van der Waals surface area contributed by atoms with Crippen LogP contribution < -0.4 is 5.73 Å². The van der Waals surface area contributed by atoms with Crippen molar-refractivity contribution in [2.75, 3.05) is 19.6 Å². The lowest BCUT2D eigenvalue weighted by molar-refractivity contribution is 0.458. The number of halogens is 2. The van der Waals surface area contributed by atoms with Crippen LogP contribution in [0.1, 0.15) is 11.5 Å². The van der Waals surface area contributed by atoms with E-state index in [1.54, 1.807) is 0 Å². The van der Waals surface area contributed by atoms with Gasteiger partial charge in [-0.3, -0.25) is 0 Å². The molecule has 0 spiro atoms. The van der Waals surface area contributed by atoms with Gasteiger partial charge < -0.3 is 5.73 Å². The molecule has 0 aromatic heterocycles. The highest BCUT2D eigenvalue weighted by molar-refractivity contribution is 7.89. The van der Waals surface area contributed by atoms with Crippen LogP contribution in [0.3, 0.4) is 0 Å². The van der Waals surface area contributed by atoms with E-state index < -0.39 is 15.8 Å². The summed E-state index contributed by atoms with van der Waals surface area (Å²) in [6.07, 6.45) is 0. The first-order valence-corrected chi connectivity index (χ1v) is 9.45. The van der Waals surface area contributed by atoms with Gasteiger partial charge in [-0.25, -0.2) is 12.8 Å². The molecular weight excluding hydrogens is 351 g/mol. The van der Waals surface area contributed by atoms with Crippen molar-refractivity contribution in [3.05, 3.63) is 64.9 Å². The summed E-state index contributed by atoms with van der Waals surface area (Å²) in [7, 11) is -3.81. The largest absolute Gasteiger partial charge is 0.330 e. The van der Waals surface area contributed by atoms with E-state index in [1.165, 1.54) is 10.4 Å². The number of nitrogens with zero attached hydrogens (tertiary/aromatic N) is 1. The van der Waals surface area contributed by atoms with Gasteiger partial charge in [0.15, 0.2) is 0 Å². The van der Waals surface area contributed by atoms with E-state index in [-0.39, 0.29) is 21.8 Å². The molecular formula is C17H18ClFN2O2S. The summed E-state index contributed by atoms with van der Waals surface area (Å²) < 4.78 is 40.6. The molecule has 1 heterocycles. The second-order valence-electron chi connectivity index (χ2n) is 5.94. The summed E-state index contributed by atoms with van der Waals surface area (Å²) in [6.45, 7) is 1.02. The fourth-order valence-corrected chi connectivity index (χ4v) is 5.04. The van der Waals surface area contributed by atoms with Crippen LogP contribution in [0.15, 0.2) is 53.4 Å². The molecule has 1 fully saturated rings. The van der Waals surface area contributed by atoms with Crippen LogP contribution in [0.2, 0.25) is 5.02 Å². The van der Waals surface area contributed by atoms with Gasteiger partial charge in [0.2, 0.25) is 10.0 Å². The molecule has 0 amide bonds. The molecule has 2 aromatic carbocycles. The Balaban J connectivity index is 1.92. The van der Waals surface area contributed by atoms with Crippen molar-refractivity contribution in [3.8, 4) is 0 Å². The van der Waals surface area contributed by atoms with Crippen molar-refractivity contribution >= 4 is 21.6 Å². The molecule has 24 heavy (non-hydrogen) atoms. The zero-order valence-electron chi connectivity index (χ0n) is 12.9. The summed E-state index contributed by atoms with van der Waals surface area (Å²) >= 11 is 5.80. The lowest BCUT2D eigenvalue weighted by Crippen LogP contribution is -2.30. The third kappa shape index (κ3) is 3.32. The van der Waals surface area contributed by atoms with Crippen molar-refractivity contribution in [2.45, 2.75) is 10.8 Å². The summed E-state index contributed by atoms with van der Waals surface area (Å²) in [5.41, 5.74) is 6.91. The van der Waals surface area contributed by atoms with Crippen LogP contribution in [0.25, 0.3) is 0 Å². The fraction of sp³-hybridized carbons (Fsp3) is 0.294. The van der Waals surface area contributed by atoms with Gasteiger partial charge in [-0.15, -0.1) is 0 Å². The van der Waals surface area contributed by atoms with Crippen molar-refractivity contribution in [1.29, 1.82) is 0 Å². The maximum absolute atomic E-state index is 13.5. The van der Waals surface area contributed by atoms with Crippen LogP contribution in [-0.4, -0.2) is 32.4 Å². The lowest BCUT2D eigenvalue weighted by Gasteiger charge is -2.17. The van der Waals surface area contributed by atoms with Gasteiger partial charge in [-0.2, -0.15) is 4.31 Å². The molecule has 1 aliphatic heterocycles. The van der Waals surface area contributed by atoms with E-state index in [4.69, 9.17) is 17.3 Å². The van der Waals surface area contributed by atoms with Gasteiger partial charge >= 0.3 is 0 Å². The number of hydrogen-bond donors (Lipinski definition) is 1. The van der Waals surface area contributed by atoms with E-state index >= 15 is 0 Å². The Bertz CT molecular complexity index is 809. The van der Waals surface area contributed by atoms with E-state index in [2.05, 4.69) is 0 Å². The minimum atomic E-state index is -3.81. The lowest BCUT2D eigenvalue weighted by atomic mass is 9.89. The molecule has 2 aromatic rings. The quantitative estimate of drug-likeness (QED) is 0.902. The van der Waals surface area contributed by atoms with E-state index in [9.17, 15) is 12.8 Å². The maximum Gasteiger partial charge on any atom is 0.243 e. The van der Waals surface area contributed by atoms with Gasteiger partial charge in [0.25, 0.3) is 0 Å². The summed E-state index contributed by atoms with van der Waals surface area (Å²) in [6, 6.07) is 13.1. The number of rotatable bonds is 4. The Kier molecular flexibility index (Phi) is 4.92. The van der Waals surface area contributed by atoms with Gasteiger partial charge in [-0.05, 0) is 36.2 Å².